The van der Waals surface area contributed by atoms with E-state index in [9.17, 15) is 5.11 Å². The third-order valence-corrected chi connectivity index (χ3v) is 4.96. The molecular formula is C20H33NO2. The van der Waals surface area contributed by atoms with E-state index in [4.69, 9.17) is 4.74 Å². The molecule has 2 atom stereocenters. The van der Waals surface area contributed by atoms with E-state index in [2.05, 4.69) is 52.1 Å². The molecule has 1 aliphatic rings. The van der Waals surface area contributed by atoms with Crippen LogP contribution in [0.2, 0.25) is 0 Å². The van der Waals surface area contributed by atoms with Crippen LogP contribution in [0.3, 0.4) is 0 Å². The van der Waals surface area contributed by atoms with Crippen molar-refractivity contribution < 1.29 is 9.84 Å². The van der Waals surface area contributed by atoms with Crippen LogP contribution in [0, 0.1) is 0 Å². The normalized spacial score (nSPS) is 27.2. The molecule has 1 heterocycles. The molecule has 3 heteroatoms. The van der Waals surface area contributed by atoms with E-state index in [1.807, 2.05) is 6.92 Å². The minimum Gasteiger partial charge on any atom is -0.361 e. The highest BCUT2D eigenvalue weighted by Crippen LogP contribution is 2.35. The van der Waals surface area contributed by atoms with Gasteiger partial charge < -0.3 is 15.2 Å². The minimum absolute atomic E-state index is 0.116. The fraction of sp³-hybridized carbons (Fsp3) is 0.700. The zero-order chi connectivity index (χ0) is 17.3. The lowest BCUT2D eigenvalue weighted by molar-refractivity contribution is -0.263. The fourth-order valence-electron chi connectivity index (χ4n) is 3.68. The SMILES string of the molecule is CCCc1c(CC)cc(C2(O)OCC(C)(C)NC2C)cc1CC. The van der Waals surface area contributed by atoms with Crippen LogP contribution in [0.15, 0.2) is 12.1 Å². The number of rotatable bonds is 5. The molecule has 0 aromatic heterocycles. The van der Waals surface area contributed by atoms with Gasteiger partial charge in [-0.3, -0.25) is 0 Å². The predicted octanol–water partition coefficient (Wildman–Crippen LogP) is 3.70. The molecule has 130 valence electrons. The van der Waals surface area contributed by atoms with Crippen molar-refractivity contribution in [2.45, 2.75) is 84.6 Å². The molecule has 1 aromatic rings. The molecule has 1 aromatic carbocycles. The molecule has 2 N–H and O–H groups in total. The van der Waals surface area contributed by atoms with E-state index in [0.717, 1.165) is 31.2 Å². The maximum Gasteiger partial charge on any atom is 0.208 e. The largest absolute Gasteiger partial charge is 0.361 e. The van der Waals surface area contributed by atoms with E-state index in [1.54, 1.807) is 0 Å². The average Bonchev–Trinajstić information content (AvgIpc) is 2.51. The van der Waals surface area contributed by atoms with Crippen molar-refractivity contribution in [1.29, 1.82) is 0 Å². The highest BCUT2D eigenvalue weighted by Gasteiger charge is 2.45. The Morgan fingerprint density at radius 3 is 2.17 bits per heavy atom. The molecule has 3 nitrogen and oxygen atoms in total. The lowest BCUT2D eigenvalue weighted by Crippen LogP contribution is -2.63. The molecule has 0 spiro atoms. The molecule has 1 saturated heterocycles. The number of hydrogen-bond acceptors (Lipinski definition) is 3. The van der Waals surface area contributed by atoms with Crippen LogP contribution in [0.4, 0.5) is 0 Å². The Bertz CT molecular complexity index is 528. The maximum atomic E-state index is 11.2. The molecule has 0 saturated carbocycles. The Hall–Kier alpha value is -0.900. The maximum absolute atomic E-state index is 11.2. The molecule has 0 bridgehead atoms. The van der Waals surface area contributed by atoms with Gasteiger partial charge >= 0.3 is 0 Å². The van der Waals surface area contributed by atoms with Gasteiger partial charge in [-0.25, -0.2) is 0 Å². The van der Waals surface area contributed by atoms with Crippen LogP contribution in [0.5, 0.6) is 0 Å². The number of hydrogen-bond donors (Lipinski definition) is 2. The van der Waals surface area contributed by atoms with Crippen LogP contribution in [0.1, 0.15) is 70.2 Å². The van der Waals surface area contributed by atoms with E-state index < -0.39 is 5.79 Å². The second kappa shape index (κ2) is 6.92. The molecule has 2 unspecified atom stereocenters. The third kappa shape index (κ3) is 3.62. The van der Waals surface area contributed by atoms with Gasteiger partial charge in [0, 0.05) is 11.1 Å². The van der Waals surface area contributed by atoms with E-state index in [0.29, 0.717) is 6.61 Å². The molecule has 2 rings (SSSR count). The number of morpholine rings is 1. The Balaban J connectivity index is 2.47. The molecule has 0 radical (unpaired) electrons. The summed E-state index contributed by atoms with van der Waals surface area (Å²) >= 11 is 0. The summed E-state index contributed by atoms with van der Waals surface area (Å²) in [5.74, 6) is -1.26. The number of nitrogens with one attached hydrogen (secondary N) is 1. The van der Waals surface area contributed by atoms with Crippen LogP contribution < -0.4 is 5.32 Å². The van der Waals surface area contributed by atoms with Crippen LogP contribution in [-0.2, 0) is 29.8 Å². The van der Waals surface area contributed by atoms with Gasteiger partial charge in [0.1, 0.15) is 0 Å². The lowest BCUT2D eigenvalue weighted by atomic mass is 9.86. The molecule has 0 aliphatic carbocycles. The number of benzene rings is 1. The van der Waals surface area contributed by atoms with E-state index >= 15 is 0 Å². The summed E-state index contributed by atoms with van der Waals surface area (Å²) in [7, 11) is 0. The summed E-state index contributed by atoms with van der Waals surface area (Å²) in [6.45, 7) is 13.3. The minimum atomic E-state index is -1.26. The van der Waals surface area contributed by atoms with Gasteiger partial charge in [0.2, 0.25) is 5.79 Å². The Morgan fingerprint density at radius 2 is 1.74 bits per heavy atom. The first kappa shape index (κ1) is 18.4. The average molecular weight is 319 g/mol. The van der Waals surface area contributed by atoms with Gasteiger partial charge in [0.15, 0.2) is 0 Å². The monoisotopic (exact) mass is 319 g/mol. The smallest absolute Gasteiger partial charge is 0.208 e. The van der Waals surface area contributed by atoms with Gasteiger partial charge in [-0.15, -0.1) is 0 Å². The van der Waals surface area contributed by atoms with Crippen molar-refractivity contribution in [3.05, 3.63) is 34.4 Å². The first-order valence-corrected chi connectivity index (χ1v) is 9.06. The molecule has 23 heavy (non-hydrogen) atoms. The molecule has 1 fully saturated rings. The van der Waals surface area contributed by atoms with Gasteiger partial charge in [-0.2, -0.15) is 0 Å². The lowest BCUT2D eigenvalue weighted by Gasteiger charge is -2.46. The summed E-state index contributed by atoms with van der Waals surface area (Å²) in [4.78, 5) is 0. The fourth-order valence-corrected chi connectivity index (χ4v) is 3.68. The quantitative estimate of drug-likeness (QED) is 0.869. The Morgan fingerprint density at radius 1 is 1.17 bits per heavy atom. The second-order valence-electron chi connectivity index (χ2n) is 7.47. The van der Waals surface area contributed by atoms with Gasteiger partial charge in [-0.05, 0) is 56.7 Å². The number of aryl methyl sites for hydroxylation is 2. The predicted molar refractivity (Wildman–Crippen MR) is 95.7 cm³/mol. The van der Waals surface area contributed by atoms with Crippen LogP contribution in [-0.4, -0.2) is 23.3 Å². The highest BCUT2D eigenvalue weighted by molar-refractivity contribution is 5.42. The Kier molecular flexibility index (Phi) is 5.55. The summed E-state index contributed by atoms with van der Waals surface area (Å²) < 4.78 is 5.97. The summed E-state index contributed by atoms with van der Waals surface area (Å²) in [5.41, 5.74) is 4.92. The Labute approximate surface area is 141 Å². The summed E-state index contributed by atoms with van der Waals surface area (Å²) in [5, 5.41) is 14.7. The highest BCUT2D eigenvalue weighted by atomic mass is 16.6. The topological polar surface area (TPSA) is 41.5 Å². The van der Waals surface area contributed by atoms with Crippen molar-refractivity contribution in [1.82, 2.24) is 5.32 Å². The third-order valence-electron chi connectivity index (χ3n) is 4.96. The van der Waals surface area contributed by atoms with Crippen LogP contribution in [0.25, 0.3) is 0 Å². The molecule has 0 amide bonds. The number of ether oxygens (including phenoxy) is 1. The number of aliphatic hydroxyl groups is 1. The van der Waals surface area contributed by atoms with E-state index in [1.165, 1.54) is 16.7 Å². The van der Waals surface area contributed by atoms with Crippen molar-refractivity contribution in [3.63, 3.8) is 0 Å². The van der Waals surface area contributed by atoms with Gasteiger partial charge in [0.05, 0.1) is 12.6 Å². The van der Waals surface area contributed by atoms with Crippen molar-refractivity contribution >= 4 is 0 Å². The second-order valence-corrected chi connectivity index (χ2v) is 7.47. The zero-order valence-electron chi connectivity index (χ0n) is 15.6. The summed E-state index contributed by atoms with van der Waals surface area (Å²) in [6, 6.07) is 4.15. The van der Waals surface area contributed by atoms with Crippen LogP contribution >= 0.6 is 0 Å². The van der Waals surface area contributed by atoms with Gasteiger partial charge in [0.25, 0.3) is 0 Å². The molecular weight excluding hydrogens is 286 g/mol. The van der Waals surface area contributed by atoms with Gasteiger partial charge in [-0.1, -0.05) is 39.3 Å². The van der Waals surface area contributed by atoms with Crippen molar-refractivity contribution in [2.24, 2.45) is 0 Å². The van der Waals surface area contributed by atoms with Crippen molar-refractivity contribution in [3.8, 4) is 0 Å². The standard InChI is InChI=1S/C20H33NO2/c1-7-10-18-15(8-2)11-17(12-16(18)9-3)20(22)14(4)21-19(5,6)13-23-20/h11-12,14,21-22H,7-10,13H2,1-6H3. The first-order valence-electron chi connectivity index (χ1n) is 9.06. The molecule has 1 aliphatic heterocycles. The van der Waals surface area contributed by atoms with Crippen molar-refractivity contribution in [2.75, 3.05) is 6.61 Å². The summed E-state index contributed by atoms with van der Waals surface area (Å²) in [6.07, 6.45) is 4.22. The first-order chi connectivity index (χ1) is 10.8. The van der Waals surface area contributed by atoms with E-state index in [-0.39, 0.29) is 11.6 Å². The zero-order valence-corrected chi connectivity index (χ0v) is 15.6.